The van der Waals surface area contributed by atoms with Gasteiger partial charge in [0.1, 0.15) is 0 Å². The van der Waals surface area contributed by atoms with Crippen molar-refractivity contribution < 1.29 is 14.3 Å². The van der Waals surface area contributed by atoms with Crippen molar-refractivity contribution in [2.45, 2.75) is 38.5 Å². The molecule has 41 heavy (non-hydrogen) atoms. The minimum Gasteiger partial charge on any atom is -0.466 e. The van der Waals surface area contributed by atoms with Crippen molar-refractivity contribution in [3.8, 4) is 11.1 Å². The Morgan fingerprint density at radius 2 is 1.49 bits per heavy atom. The van der Waals surface area contributed by atoms with Crippen molar-refractivity contribution in [3.05, 3.63) is 70.5 Å². The predicted molar refractivity (Wildman–Crippen MR) is 162 cm³/mol. The predicted octanol–water partition coefficient (Wildman–Crippen LogP) is 3.32. The molecule has 0 aliphatic rings. The number of halogens is 1. The van der Waals surface area contributed by atoms with Crippen molar-refractivity contribution >= 4 is 41.1 Å². The number of carbonyl (C=O) groups is 2. The van der Waals surface area contributed by atoms with E-state index in [1.165, 1.54) is 11.1 Å². The zero-order valence-electron chi connectivity index (χ0n) is 23.1. The van der Waals surface area contributed by atoms with Gasteiger partial charge in [-0.05, 0) is 61.4 Å². The average Bonchev–Trinajstić information content (AvgIpc) is 2.96. The SMILES string of the molecule is CNCCC(=O)OCCCc1ccc(-c2ccc(CCCCNC(=N)NC(=O)c3nc(Cl)c(N)nc3N)cc2)cc1. The fraction of sp³-hybridized carbons (Fsp3) is 0.345. The van der Waals surface area contributed by atoms with E-state index in [9.17, 15) is 9.59 Å². The lowest BCUT2D eigenvalue weighted by Gasteiger charge is -2.10. The molecule has 0 unspecified atom stereocenters. The number of rotatable bonds is 14. The first-order valence-electron chi connectivity index (χ1n) is 13.5. The van der Waals surface area contributed by atoms with Gasteiger partial charge in [0.25, 0.3) is 5.91 Å². The van der Waals surface area contributed by atoms with Crippen LogP contribution in [0.2, 0.25) is 5.15 Å². The van der Waals surface area contributed by atoms with E-state index in [-0.39, 0.29) is 34.4 Å². The van der Waals surface area contributed by atoms with Gasteiger partial charge in [0.2, 0.25) is 0 Å². The third-order valence-corrected chi connectivity index (χ3v) is 6.52. The highest BCUT2D eigenvalue weighted by Gasteiger charge is 2.17. The smallest absolute Gasteiger partial charge is 0.307 e. The summed E-state index contributed by atoms with van der Waals surface area (Å²) in [4.78, 5) is 31.4. The molecule has 3 rings (SSSR count). The Balaban J connectivity index is 1.33. The monoisotopic (exact) mass is 580 g/mol. The number of guanidine groups is 1. The van der Waals surface area contributed by atoms with Crippen LogP contribution in [0.3, 0.4) is 0 Å². The molecule has 0 radical (unpaired) electrons. The van der Waals surface area contributed by atoms with Crippen LogP contribution in [0.1, 0.15) is 47.3 Å². The van der Waals surface area contributed by atoms with Gasteiger partial charge in [-0.3, -0.25) is 20.3 Å². The van der Waals surface area contributed by atoms with Gasteiger partial charge in [0.15, 0.2) is 28.4 Å². The topological polar surface area (TPSA) is 181 Å². The van der Waals surface area contributed by atoms with E-state index in [4.69, 9.17) is 33.2 Å². The molecular formula is C29H37ClN8O3. The lowest BCUT2D eigenvalue weighted by atomic mass is 10.00. The second kappa shape index (κ2) is 16.1. The number of nitrogens with one attached hydrogen (secondary N) is 4. The molecule has 2 aromatic carbocycles. The first kappa shape index (κ1) is 31.3. The molecule has 12 heteroatoms. The Labute approximate surface area is 244 Å². The van der Waals surface area contributed by atoms with Crippen molar-refractivity contribution in [1.29, 1.82) is 5.41 Å². The minimum absolute atomic E-state index is 0.0670. The van der Waals surface area contributed by atoms with Crippen LogP contribution < -0.4 is 27.4 Å². The summed E-state index contributed by atoms with van der Waals surface area (Å²) in [7, 11) is 1.81. The van der Waals surface area contributed by atoms with Gasteiger partial charge in [-0.2, -0.15) is 0 Å². The number of aromatic nitrogens is 2. The molecule has 1 amide bonds. The van der Waals surface area contributed by atoms with Gasteiger partial charge < -0.3 is 26.8 Å². The van der Waals surface area contributed by atoms with E-state index in [1.807, 2.05) is 7.05 Å². The van der Waals surface area contributed by atoms with Gasteiger partial charge in [0, 0.05) is 13.1 Å². The molecule has 0 aliphatic carbocycles. The number of amides is 1. The summed E-state index contributed by atoms with van der Waals surface area (Å²) < 4.78 is 5.24. The summed E-state index contributed by atoms with van der Waals surface area (Å²) in [6.07, 6.45) is 4.68. The van der Waals surface area contributed by atoms with Gasteiger partial charge in [-0.25, -0.2) is 9.97 Å². The Morgan fingerprint density at radius 1 is 0.878 bits per heavy atom. The molecular weight excluding hydrogens is 544 g/mol. The lowest BCUT2D eigenvalue weighted by Crippen LogP contribution is -2.41. The van der Waals surface area contributed by atoms with Crippen LogP contribution in [-0.2, 0) is 22.4 Å². The van der Waals surface area contributed by atoms with Gasteiger partial charge in [-0.15, -0.1) is 0 Å². The van der Waals surface area contributed by atoms with Crippen LogP contribution in [0.25, 0.3) is 11.1 Å². The number of nitrogens with zero attached hydrogens (tertiary/aromatic N) is 2. The summed E-state index contributed by atoms with van der Waals surface area (Å²) >= 11 is 5.80. The summed E-state index contributed by atoms with van der Waals surface area (Å²) in [5.41, 5.74) is 15.7. The first-order chi connectivity index (χ1) is 19.8. The van der Waals surface area contributed by atoms with E-state index >= 15 is 0 Å². The number of nitrogens with two attached hydrogens (primary N) is 2. The van der Waals surface area contributed by atoms with Crippen LogP contribution in [0, 0.1) is 5.41 Å². The number of unbranched alkanes of at least 4 members (excludes halogenated alkanes) is 1. The number of anilines is 2. The third-order valence-electron chi connectivity index (χ3n) is 6.25. The molecule has 0 saturated heterocycles. The maximum atomic E-state index is 12.3. The number of aryl methyl sites for hydroxylation is 2. The molecule has 0 saturated carbocycles. The van der Waals surface area contributed by atoms with Gasteiger partial charge >= 0.3 is 5.97 Å². The molecule has 1 aromatic heterocycles. The maximum absolute atomic E-state index is 12.3. The molecule has 0 aliphatic heterocycles. The molecule has 0 fully saturated rings. The lowest BCUT2D eigenvalue weighted by molar-refractivity contribution is -0.143. The normalized spacial score (nSPS) is 10.7. The van der Waals surface area contributed by atoms with Crippen LogP contribution in [-0.4, -0.2) is 54.5 Å². The van der Waals surface area contributed by atoms with Crippen LogP contribution in [0.4, 0.5) is 11.6 Å². The second-order valence-corrected chi connectivity index (χ2v) is 9.78. The van der Waals surface area contributed by atoms with E-state index in [2.05, 4.69) is 74.4 Å². The van der Waals surface area contributed by atoms with E-state index in [0.717, 1.165) is 43.2 Å². The molecule has 8 N–H and O–H groups in total. The summed E-state index contributed by atoms with van der Waals surface area (Å²) in [5.74, 6) is -1.25. The van der Waals surface area contributed by atoms with Crippen molar-refractivity contribution in [3.63, 3.8) is 0 Å². The maximum Gasteiger partial charge on any atom is 0.307 e. The van der Waals surface area contributed by atoms with Crippen LogP contribution in [0.15, 0.2) is 48.5 Å². The number of nitrogen functional groups attached to an aromatic ring is 2. The zero-order valence-corrected chi connectivity index (χ0v) is 23.9. The molecule has 0 spiro atoms. The molecule has 1 heterocycles. The standard InChI is InChI=1S/C29H37ClN8O3/c1-34-17-15-23(39)41-18-4-6-20-9-13-22(14-10-20)21-11-7-19(8-12-21)5-2-3-16-35-29(33)38-28(40)24-26(31)37-27(32)25(30)36-24/h7-14,34H,2-6,15-18H2,1H3,(H4,31,32,37)(H3,33,35,38,40). The van der Waals surface area contributed by atoms with Crippen molar-refractivity contribution in [1.82, 2.24) is 25.9 Å². The minimum atomic E-state index is -0.692. The highest BCUT2D eigenvalue weighted by atomic mass is 35.5. The quantitative estimate of drug-likeness (QED) is 0.0721. The van der Waals surface area contributed by atoms with Gasteiger partial charge in [0.05, 0.1) is 13.0 Å². The largest absolute Gasteiger partial charge is 0.466 e. The van der Waals surface area contributed by atoms with Gasteiger partial charge in [-0.1, -0.05) is 60.1 Å². The fourth-order valence-corrected chi connectivity index (χ4v) is 4.11. The van der Waals surface area contributed by atoms with Crippen LogP contribution in [0.5, 0.6) is 0 Å². The number of esters is 1. The van der Waals surface area contributed by atoms with E-state index in [1.54, 1.807) is 0 Å². The Kier molecular flexibility index (Phi) is 12.3. The number of carbonyl (C=O) groups excluding carboxylic acids is 2. The number of benzene rings is 2. The third kappa shape index (κ3) is 10.4. The zero-order chi connectivity index (χ0) is 29.6. The highest BCUT2D eigenvalue weighted by Crippen LogP contribution is 2.22. The van der Waals surface area contributed by atoms with E-state index < -0.39 is 5.91 Å². The number of ether oxygens (including phenoxy) is 1. The van der Waals surface area contributed by atoms with Crippen LogP contribution >= 0.6 is 11.6 Å². The second-order valence-electron chi connectivity index (χ2n) is 9.42. The fourth-order valence-electron chi connectivity index (χ4n) is 3.98. The van der Waals surface area contributed by atoms with Crippen molar-refractivity contribution in [2.24, 2.45) is 0 Å². The number of hydrogen-bond donors (Lipinski definition) is 6. The highest BCUT2D eigenvalue weighted by molar-refractivity contribution is 6.31. The molecule has 11 nitrogen and oxygen atoms in total. The first-order valence-corrected chi connectivity index (χ1v) is 13.9. The summed E-state index contributed by atoms with van der Waals surface area (Å²) in [6, 6.07) is 17.0. The number of hydrogen-bond acceptors (Lipinski definition) is 9. The molecule has 3 aromatic rings. The summed E-state index contributed by atoms with van der Waals surface area (Å²) in [5, 5.41) is 16.0. The molecule has 0 atom stereocenters. The average molecular weight is 581 g/mol. The Bertz CT molecular complexity index is 1320. The Morgan fingerprint density at radius 3 is 2.10 bits per heavy atom. The summed E-state index contributed by atoms with van der Waals surface area (Å²) in [6.45, 7) is 1.59. The molecule has 0 bridgehead atoms. The van der Waals surface area contributed by atoms with Crippen molar-refractivity contribution in [2.75, 3.05) is 38.2 Å². The Hall–Kier alpha value is -4.22. The molecule has 218 valence electrons. The van der Waals surface area contributed by atoms with E-state index in [0.29, 0.717) is 26.1 Å².